The maximum absolute atomic E-state index is 12.7. The quantitative estimate of drug-likeness (QED) is 0.245. The summed E-state index contributed by atoms with van der Waals surface area (Å²) < 4.78 is 11.5. The Morgan fingerprint density at radius 2 is 1.12 bits per heavy atom. The third kappa shape index (κ3) is 8.86. The minimum absolute atomic E-state index is 0.379. The Balaban J connectivity index is 1.97. The van der Waals surface area contributed by atoms with Crippen molar-refractivity contribution >= 4 is 11.9 Å². The molecule has 4 heteroatoms. The van der Waals surface area contributed by atoms with Gasteiger partial charge in [-0.15, -0.1) is 0 Å². The molecule has 4 nitrogen and oxygen atoms in total. The van der Waals surface area contributed by atoms with Crippen molar-refractivity contribution in [3.05, 3.63) is 70.8 Å². The lowest BCUT2D eigenvalue weighted by Gasteiger charge is -2.24. The molecule has 32 heavy (non-hydrogen) atoms. The number of hydrogen-bond acceptors (Lipinski definition) is 4. The van der Waals surface area contributed by atoms with Crippen LogP contribution in [0.4, 0.5) is 0 Å². The summed E-state index contributed by atoms with van der Waals surface area (Å²) in [5, 5.41) is 0. The molecule has 0 bridgehead atoms. The Bertz CT molecular complexity index is 824. The number of aryl methyl sites for hydroxylation is 2. The molecule has 0 aromatic heterocycles. The molecule has 2 unspecified atom stereocenters. The molecule has 2 atom stereocenters. The van der Waals surface area contributed by atoms with E-state index in [4.69, 9.17) is 9.47 Å². The van der Waals surface area contributed by atoms with E-state index in [1.54, 1.807) is 31.2 Å². The molecule has 0 saturated heterocycles. The second-order valence-electron chi connectivity index (χ2n) is 8.70. The van der Waals surface area contributed by atoms with Crippen LogP contribution in [0.5, 0.6) is 0 Å². The highest BCUT2D eigenvalue weighted by molar-refractivity contribution is 5.90. The zero-order valence-corrected chi connectivity index (χ0v) is 20.1. The predicted octanol–water partition coefficient (Wildman–Crippen LogP) is 7.22. The van der Waals surface area contributed by atoms with E-state index >= 15 is 0 Å². The van der Waals surface area contributed by atoms with Gasteiger partial charge in [0.05, 0.1) is 11.1 Å². The van der Waals surface area contributed by atoms with Gasteiger partial charge in [-0.25, -0.2) is 9.59 Å². The second kappa shape index (κ2) is 13.7. The van der Waals surface area contributed by atoms with Gasteiger partial charge in [0, 0.05) is 0 Å². The fourth-order valence-electron chi connectivity index (χ4n) is 3.59. The van der Waals surface area contributed by atoms with E-state index in [9.17, 15) is 9.59 Å². The summed E-state index contributed by atoms with van der Waals surface area (Å²) in [4.78, 5) is 25.3. The lowest BCUT2D eigenvalue weighted by Crippen LogP contribution is -2.33. The summed E-state index contributed by atoms with van der Waals surface area (Å²) in [6.07, 6.45) is 7.89. The monoisotopic (exact) mass is 438 g/mol. The van der Waals surface area contributed by atoms with E-state index in [1.165, 1.54) is 32.1 Å². The van der Waals surface area contributed by atoms with Gasteiger partial charge in [-0.05, 0) is 57.9 Å². The van der Waals surface area contributed by atoms with Gasteiger partial charge < -0.3 is 9.47 Å². The number of carbonyl (C=O) groups excluding carboxylic acids is 2. The summed E-state index contributed by atoms with van der Waals surface area (Å²) in [7, 11) is 0. The van der Waals surface area contributed by atoms with E-state index in [-0.39, 0.29) is 5.97 Å². The third-order valence-corrected chi connectivity index (χ3v) is 5.74. The molecule has 0 N–H and O–H groups in total. The van der Waals surface area contributed by atoms with Gasteiger partial charge in [0.15, 0.2) is 0 Å². The molecule has 0 radical (unpaired) electrons. The van der Waals surface area contributed by atoms with Gasteiger partial charge in [-0.1, -0.05) is 80.8 Å². The highest BCUT2D eigenvalue weighted by Gasteiger charge is 2.26. The van der Waals surface area contributed by atoms with Crippen molar-refractivity contribution in [2.75, 3.05) is 0 Å². The molecule has 0 heterocycles. The predicted molar refractivity (Wildman–Crippen MR) is 129 cm³/mol. The molecule has 0 aliphatic heterocycles. The highest BCUT2D eigenvalue weighted by atomic mass is 16.6. The first-order valence-electron chi connectivity index (χ1n) is 12.0. The maximum atomic E-state index is 12.7. The average molecular weight is 439 g/mol. The van der Waals surface area contributed by atoms with Crippen molar-refractivity contribution in [3.63, 3.8) is 0 Å². The second-order valence-corrected chi connectivity index (χ2v) is 8.70. The minimum atomic E-state index is -0.529. The van der Waals surface area contributed by atoms with Crippen molar-refractivity contribution in [1.82, 2.24) is 0 Å². The Kier molecular flexibility index (Phi) is 11.0. The summed E-state index contributed by atoms with van der Waals surface area (Å²) >= 11 is 0. The largest absolute Gasteiger partial charge is 0.455 e. The van der Waals surface area contributed by atoms with Crippen LogP contribution in [-0.2, 0) is 9.47 Å². The Morgan fingerprint density at radius 1 is 0.688 bits per heavy atom. The van der Waals surface area contributed by atoms with Crippen LogP contribution in [0.3, 0.4) is 0 Å². The standard InChI is InChI=1S/C28H38O4/c1-5-6-7-8-9-10-11-12-26(32-28(30)25-19-15-22(3)16-20-25)23(4)31-27(29)24-17-13-21(2)14-18-24/h13-20,23,26H,5-12H2,1-4H3. The Morgan fingerprint density at radius 3 is 1.62 bits per heavy atom. The van der Waals surface area contributed by atoms with E-state index in [0.29, 0.717) is 17.5 Å². The number of benzene rings is 2. The van der Waals surface area contributed by atoms with Crippen LogP contribution >= 0.6 is 0 Å². The summed E-state index contributed by atoms with van der Waals surface area (Å²) in [5.74, 6) is -0.773. The van der Waals surface area contributed by atoms with Crippen molar-refractivity contribution < 1.29 is 19.1 Å². The number of hydrogen-bond donors (Lipinski definition) is 0. The lowest BCUT2D eigenvalue weighted by atomic mass is 10.0. The normalized spacial score (nSPS) is 12.8. The number of ether oxygens (including phenoxy) is 2. The van der Waals surface area contributed by atoms with Gasteiger partial charge in [0.25, 0.3) is 0 Å². The third-order valence-electron chi connectivity index (χ3n) is 5.74. The molecule has 2 aromatic carbocycles. The molecule has 0 aliphatic rings. The summed E-state index contributed by atoms with van der Waals surface area (Å²) in [6.45, 7) is 7.97. The van der Waals surface area contributed by atoms with Gasteiger partial charge in [-0.2, -0.15) is 0 Å². The molecular weight excluding hydrogens is 400 g/mol. The molecule has 174 valence electrons. The van der Waals surface area contributed by atoms with E-state index in [2.05, 4.69) is 6.92 Å². The molecule has 2 rings (SSSR count). The molecule has 0 aliphatic carbocycles. The summed E-state index contributed by atoms with van der Waals surface area (Å²) in [6, 6.07) is 14.6. The molecule has 0 fully saturated rings. The maximum Gasteiger partial charge on any atom is 0.338 e. The summed E-state index contributed by atoms with van der Waals surface area (Å²) in [5.41, 5.74) is 3.18. The first-order chi connectivity index (χ1) is 15.4. The number of rotatable bonds is 13. The zero-order valence-electron chi connectivity index (χ0n) is 20.1. The van der Waals surface area contributed by atoms with Gasteiger partial charge >= 0.3 is 11.9 Å². The van der Waals surface area contributed by atoms with Crippen LogP contribution in [-0.4, -0.2) is 24.1 Å². The SMILES string of the molecule is CCCCCCCCCC(OC(=O)c1ccc(C)cc1)C(C)OC(=O)c1ccc(C)cc1. The molecular formula is C28H38O4. The van der Waals surface area contributed by atoms with Crippen molar-refractivity contribution in [2.24, 2.45) is 0 Å². The van der Waals surface area contributed by atoms with Crippen LogP contribution < -0.4 is 0 Å². The van der Waals surface area contributed by atoms with Crippen molar-refractivity contribution in [3.8, 4) is 0 Å². The van der Waals surface area contributed by atoms with E-state index in [1.807, 2.05) is 38.1 Å². The topological polar surface area (TPSA) is 52.6 Å². The lowest BCUT2D eigenvalue weighted by molar-refractivity contribution is -0.0331. The van der Waals surface area contributed by atoms with Crippen LogP contribution in [0.25, 0.3) is 0 Å². The van der Waals surface area contributed by atoms with Gasteiger partial charge in [0.2, 0.25) is 0 Å². The van der Waals surface area contributed by atoms with Crippen LogP contribution in [0.2, 0.25) is 0 Å². The Hall–Kier alpha value is -2.62. The smallest absolute Gasteiger partial charge is 0.338 e. The van der Waals surface area contributed by atoms with Crippen LogP contribution in [0, 0.1) is 13.8 Å². The van der Waals surface area contributed by atoms with Crippen LogP contribution in [0.15, 0.2) is 48.5 Å². The zero-order chi connectivity index (χ0) is 23.3. The van der Waals surface area contributed by atoms with Crippen molar-refractivity contribution in [2.45, 2.75) is 91.3 Å². The molecule has 0 amide bonds. The number of unbranched alkanes of at least 4 members (excludes halogenated alkanes) is 6. The van der Waals surface area contributed by atoms with Gasteiger partial charge in [-0.3, -0.25) is 0 Å². The molecule has 2 aromatic rings. The van der Waals surface area contributed by atoms with Crippen molar-refractivity contribution in [1.29, 1.82) is 0 Å². The number of esters is 2. The first-order valence-corrected chi connectivity index (χ1v) is 12.0. The minimum Gasteiger partial charge on any atom is -0.455 e. The van der Waals surface area contributed by atoms with E-state index in [0.717, 1.165) is 24.0 Å². The number of carbonyl (C=O) groups is 2. The van der Waals surface area contributed by atoms with Crippen LogP contribution in [0.1, 0.15) is 97.1 Å². The Labute approximate surface area is 193 Å². The first kappa shape index (κ1) is 25.6. The average Bonchev–Trinajstić information content (AvgIpc) is 2.78. The van der Waals surface area contributed by atoms with Gasteiger partial charge in [0.1, 0.15) is 12.2 Å². The fourth-order valence-corrected chi connectivity index (χ4v) is 3.59. The van der Waals surface area contributed by atoms with E-state index < -0.39 is 18.2 Å². The molecule has 0 saturated carbocycles. The molecule has 0 spiro atoms. The highest BCUT2D eigenvalue weighted by Crippen LogP contribution is 2.19. The fraction of sp³-hybridized carbons (Fsp3) is 0.500.